The van der Waals surface area contributed by atoms with Crippen molar-refractivity contribution < 1.29 is 38.4 Å². The largest absolute Gasteiger partial charge is 0.282 e. The summed E-state index contributed by atoms with van der Waals surface area (Å²) in [5.41, 5.74) is 7.90. The van der Waals surface area contributed by atoms with Crippen molar-refractivity contribution in [2.24, 2.45) is 0 Å². The molecule has 0 saturated carbocycles. The third kappa shape index (κ3) is 15.0. The van der Waals surface area contributed by atoms with E-state index in [0.717, 1.165) is 44.6 Å². The molecule has 0 unspecified atom stereocenters. The van der Waals surface area contributed by atoms with Crippen molar-refractivity contribution in [3.05, 3.63) is 251 Å². The highest BCUT2D eigenvalue weighted by molar-refractivity contribution is 7.91. The average Bonchev–Trinajstić information content (AvgIpc) is 1.73. The molecule has 0 fully saturated rings. The monoisotopic (exact) mass is 1310 g/mol. The van der Waals surface area contributed by atoms with E-state index in [2.05, 4.69) is 71.8 Å². The van der Waals surface area contributed by atoms with Gasteiger partial charge in [-0.1, -0.05) is 110 Å². The summed E-state index contributed by atoms with van der Waals surface area (Å²) < 4.78 is 123. The van der Waals surface area contributed by atoms with Gasteiger partial charge in [0, 0.05) is 34.7 Å². The Balaban J connectivity index is 0.000000153. The molecule has 0 bridgehead atoms. The molecule has 0 radical (unpaired) electrons. The quantitative estimate of drug-likeness (QED) is 0.0934. The van der Waals surface area contributed by atoms with Crippen LogP contribution in [-0.4, -0.2) is 69.5 Å². The summed E-state index contributed by atoms with van der Waals surface area (Å²) >= 11 is 0. The molecule has 6 heterocycles. The Bertz CT molecular complexity index is 5080. The first-order valence-corrected chi connectivity index (χ1v) is 34.6. The molecule has 0 atom stereocenters. The summed E-state index contributed by atoms with van der Waals surface area (Å²) in [4.78, 5) is 13.6. The number of fused-ring (bicyclic) bond motifs is 3. The third-order valence-corrected chi connectivity index (χ3v) is 20.5. The smallest absolute Gasteiger partial charge is 0.256 e. The van der Waals surface area contributed by atoms with Crippen LogP contribution in [0.25, 0.3) is 49.8 Å². The average molecular weight is 1310 g/mol. The topological polar surface area (TPSA) is 218 Å². The van der Waals surface area contributed by atoms with Crippen molar-refractivity contribution in [3.8, 4) is 23.1 Å². The summed E-state index contributed by atoms with van der Waals surface area (Å²) in [6, 6.07) is 54.0. The number of alkyl halides is 3. The van der Waals surface area contributed by atoms with Gasteiger partial charge in [0.15, 0.2) is 35.2 Å². The lowest BCUT2D eigenvalue weighted by Crippen LogP contribution is -2.13. The third-order valence-electron chi connectivity index (χ3n) is 15.5. The highest BCUT2D eigenvalue weighted by Gasteiger charge is 2.27. The molecule has 93 heavy (non-hydrogen) atoms. The van der Waals surface area contributed by atoms with E-state index in [1.807, 2.05) is 98.8 Å². The van der Waals surface area contributed by atoms with Gasteiger partial charge in [0.2, 0.25) is 0 Å². The first-order chi connectivity index (χ1) is 44.1. The molecule has 16 nitrogen and oxygen atoms in total. The first kappa shape index (κ1) is 66.2. The van der Waals surface area contributed by atoms with Crippen LogP contribution < -0.4 is 0 Å². The highest BCUT2D eigenvalue weighted by atomic mass is 32.2. The molecule has 22 heteroatoms. The molecule has 6 aromatic carbocycles. The molecule has 6 aromatic heterocycles. The van der Waals surface area contributed by atoms with Crippen molar-refractivity contribution in [3.63, 3.8) is 0 Å². The molecular weight excluding hydrogens is 1240 g/mol. The Labute approximate surface area is 538 Å². The summed E-state index contributed by atoms with van der Waals surface area (Å²) in [6.07, 6.45) is 2.20. The van der Waals surface area contributed by atoms with Crippen molar-refractivity contribution >= 4 is 62.2 Å². The van der Waals surface area contributed by atoms with Gasteiger partial charge in [-0.2, -0.15) is 20.6 Å². The van der Waals surface area contributed by atoms with Gasteiger partial charge >= 0.3 is 0 Å². The molecule has 0 amide bonds. The molecule has 0 N–H and O–H groups in total. The number of sulfone groups is 3. The zero-order valence-electron chi connectivity index (χ0n) is 52.3. The maximum atomic E-state index is 13.4. The van der Waals surface area contributed by atoms with E-state index in [-0.39, 0.29) is 60.0 Å². The Morgan fingerprint density at radius 2 is 0.828 bits per heavy atom. The molecule has 0 spiro atoms. The van der Waals surface area contributed by atoms with Crippen LogP contribution in [0.1, 0.15) is 119 Å². The molecule has 0 aliphatic carbocycles. The summed E-state index contributed by atoms with van der Waals surface area (Å²) in [5, 5.41) is 24.4. The van der Waals surface area contributed by atoms with Gasteiger partial charge < -0.3 is 0 Å². The second-order valence-corrected chi connectivity index (χ2v) is 30.6. The van der Waals surface area contributed by atoms with Crippen LogP contribution in [0.3, 0.4) is 0 Å². The van der Waals surface area contributed by atoms with Crippen LogP contribution in [0, 0.1) is 11.3 Å². The zero-order chi connectivity index (χ0) is 66.6. The first-order valence-electron chi connectivity index (χ1n) is 29.7. The van der Waals surface area contributed by atoms with Gasteiger partial charge in [-0.25, -0.2) is 52.5 Å². The maximum absolute atomic E-state index is 13.4. The molecule has 0 aliphatic heterocycles. The van der Waals surface area contributed by atoms with Crippen LogP contribution in [-0.2, 0) is 64.3 Å². The lowest BCUT2D eigenvalue weighted by molar-refractivity contribution is 0.145. The van der Waals surface area contributed by atoms with E-state index in [9.17, 15) is 43.7 Å². The Morgan fingerprint density at radius 3 is 1.19 bits per heavy atom. The Morgan fingerprint density at radius 1 is 0.462 bits per heavy atom. The van der Waals surface area contributed by atoms with Crippen molar-refractivity contribution in [1.29, 1.82) is 5.26 Å². The number of nitrogens with zero attached hydrogens (tertiary/aromatic N) is 10. The minimum Gasteiger partial charge on any atom is -0.256 e. The van der Waals surface area contributed by atoms with Crippen LogP contribution in [0.4, 0.5) is 13.2 Å². The van der Waals surface area contributed by atoms with E-state index < -0.39 is 54.1 Å². The fourth-order valence-corrected chi connectivity index (χ4v) is 14.5. The Kier molecular flexibility index (Phi) is 19.1. The van der Waals surface area contributed by atoms with Crippen LogP contribution in [0.5, 0.6) is 0 Å². The number of halogens is 3. The van der Waals surface area contributed by atoms with E-state index in [1.165, 1.54) is 26.2 Å². The Hall–Kier alpha value is -9.69. The number of pyridine rings is 3. The standard InChI is InChI=1S/C24H24FN3O2S.C24H22N4O2S.C23H21F2N3O2S/c2*1-24(2,3)17-9-11-20(12-10-17)31(29,30)16-19-14-18(15-25)27-28(19)23-8-4-7-22-21(23)6-5-13-26-22;1-15(2)16-8-10-18(11-9-16)31(29,30)14-17-13-21(23(24)25)27-28(17)22-7-3-6-20-19(22)5-4-12-26-20/h4-14H,15-16H2,1-3H3;4-14H,16H2,1-3H3;3-13,15,23H,14H2,1-2H3. The van der Waals surface area contributed by atoms with E-state index in [0.29, 0.717) is 39.4 Å². The van der Waals surface area contributed by atoms with Crippen molar-refractivity contribution in [1.82, 2.24) is 44.3 Å². The second kappa shape index (κ2) is 26.9. The van der Waals surface area contributed by atoms with Crippen LogP contribution in [0.15, 0.2) is 215 Å². The lowest BCUT2D eigenvalue weighted by Gasteiger charge is -2.19. The van der Waals surface area contributed by atoms with Crippen LogP contribution in [0.2, 0.25) is 0 Å². The summed E-state index contributed by atoms with van der Waals surface area (Å²) in [6.45, 7) is 15.7. The van der Waals surface area contributed by atoms with Gasteiger partial charge in [0.05, 0.1) is 88.3 Å². The van der Waals surface area contributed by atoms with Crippen molar-refractivity contribution in [2.75, 3.05) is 0 Å². The van der Waals surface area contributed by atoms with Crippen molar-refractivity contribution in [2.45, 2.75) is 117 Å². The maximum Gasteiger partial charge on any atom is 0.282 e. The predicted octanol–water partition coefficient (Wildman–Crippen LogP) is 15.2. The SMILES string of the molecule is CC(C)(C)c1ccc(S(=O)(=O)Cc2cc(C#N)nn2-c2cccc3ncccc23)cc1.CC(C)(C)c1ccc(S(=O)(=O)Cc2cc(CF)nn2-c2cccc3ncccc23)cc1.CC(C)c1ccc(S(=O)(=O)Cc2cc(C(F)F)nn2-c2cccc3ncccc23)cc1. The second-order valence-electron chi connectivity index (χ2n) is 24.6. The number of rotatable bonds is 15. The fourth-order valence-electron chi connectivity index (χ4n) is 10.5. The number of benzene rings is 6. The molecular formula is C71H67F3N10O6S3. The molecule has 0 saturated heterocycles. The molecule has 476 valence electrons. The fraction of sp³-hybridized carbons (Fsp3) is 0.225. The predicted molar refractivity (Wildman–Crippen MR) is 355 cm³/mol. The van der Waals surface area contributed by atoms with E-state index >= 15 is 0 Å². The number of nitriles is 1. The van der Waals surface area contributed by atoms with Gasteiger partial charge in [-0.3, -0.25) is 15.0 Å². The van der Waals surface area contributed by atoms with E-state index in [4.69, 9.17) is 0 Å². The van der Waals surface area contributed by atoms with Gasteiger partial charge in [0.1, 0.15) is 18.4 Å². The van der Waals surface area contributed by atoms with Crippen LogP contribution >= 0.6 is 0 Å². The molecule has 0 aliphatic rings. The minimum absolute atomic E-state index is 0.0645. The minimum atomic E-state index is -3.77. The van der Waals surface area contributed by atoms with Gasteiger partial charge in [-0.05, 0) is 161 Å². The number of hydrogen-bond acceptors (Lipinski definition) is 13. The zero-order valence-corrected chi connectivity index (χ0v) is 54.8. The van der Waals surface area contributed by atoms with Gasteiger partial charge in [0.25, 0.3) is 6.43 Å². The summed E-state index contributed by atoms with van der Waals surface area (Å²) in [7, 11) is -11.1. The molecule has 12 rings (SSSR count). The number of hydrogen-bond donors (Lipinski definition) is 0. The van der Waals surface area contributed by atoms with Gasteiger partial charge in [-0.15, -0.1) is 0 Å². The number of aromatic nitrogens is 9. The van der Waals surface area contributed by atoms with E-state index in [1.54, 1.807) is 104 Å². The highest BCUT2D eigenvalue weighted by Crippen LogP contribution is 2.32. The lowest BCUT2D eigenvalue weighted by atomic mass is 9.87. The normalized spacial score (nSPS) is 12.2. The summed E-state index contributed by atoms with van der Waals surface area (Å²) in [5.74, 6) is -0.741. The molecule has 12 aromatic rings.